The Bertz CT molecular complexity index is 1230. The molecule has 0 aliphatic heterocycles. The number of hydrogen-bond donors (Lipinski definition) is 2. The van der Waals surface area contributed by atoms with Gasteiger partial charge in [0.05, 0.1) is 16.9 Å². The second kappa shape index (κ2) is 9.78. The van der Waals surface area contributed by atoms with Gasteiger partial charge in [-0.3, -0.25) is 4.79 Å². The van der Waals surface area contributed by atoms with Gasteiger partial charge in [-0.2, -0.15) is 0 Å². The first-order valence-corrected chi connectivity index (χ1v) is 12.0. The first kappa shape index (κ1) is 24.3. The first-order valence-electron chi connectivity index (χ1n) is 12.0. The van der Waals surface area contributed by atoms with E-state index in [-0.39, 0.29) is 22.7 Å². The Morgan fingerprint density at radius 1 is 1.15 bits per heavy atom. The Morgan fingerprint density at radius 3 is 2.53 bits per heavy atom. The van der Waals surface area contributed by atoms with Gasteiger partial charge in [0.15, 0.2) is 0 Å². The van der Waals surface area contributed by atoms with Crippen molar-refractivity contribution in [3.8, 4) is 0 Å². The fourth-order valence-electron chi connectivity index (χ4n) is 5.45. The van der Waals surface area contributed by atoms with Crippen molar-refractivity contribution in [3.63, 3.8) is 0 Å². The predicted molar refractivity (Wildman–Crippen MR) is 131 cm³/mol. The van der Waals surface area contributed by atoms with Gasteiger partial charge in [-0.25, -0.2) is 18.7 Å². The lowest BCUT2D eigenvalue weighted by atomic mass is 9.79. The zero-order valence-corrected chi connectivity index (χ0v) is 20.1. The van der Waals surface area contributed by atoms with Gasteiger partial charge in [0.25, 0.3) is 12.0 Å². The molecular weight excluding hydrogens is 436 g/mol. The Labute approximate surface area is 198 Å². The summed E-state index contributed by atoms with van der Waals surface area (Å²) >= 11 is 0. The average molecular weight is 470 g/mol. The van der Waals surface area contributed by atoms with E-state index in [1.165, 1.54) is 6.07 Å². The minimum absolute atomic E-state index is 0.0322. The minimum Gasteiger partial charge on any atom is -0.363 e. The number of benzene rings is 1. The van der Waals surface area contributed by atoms with Crippen LogP contribution < -0.4 is 16.6 Å². The lowest BCUT2D eigenvalue weighted by Crippen LogP contribution is -2.43. The Morgan fingerprint density at radius 2 is 1.85 bits per heavy atom. The van der Waals surface area contributed by atoms with Crippen LogP contribution in [0.25, 0.3) is 10.9 Å². The molecule has 1 atom stereocenters. The summed E-state index contributed by atoms with van der Waals surface area (Å²) in [4.78, 5) is 22.3. The second-order valence-electron chi connectivity index (χ2n) is 9.45. The molecule has 0 saturated heterocycles. The maximum absolute atomic E-state index is 13.4. The fourth-order valence-corrected chi connectivity index (χ4v) is 5.45. The molecule has 8 heteroatoms. The molecule has 3 aromatic rings. The van der Waals surface area contributed by atoms with E-state index in [4.69, 9.17) is 5.73 Å². The SMILES string of the molecule is Cc1nc(N[C@@H](C)c2cccc(C(F)F)c2C)c2cn(C3(CCN)CCCCC3)c(=O)cc2n1. The predicted octanol–water partition coefficient (Wildman–Crippen LogP) is 5.53. The van der Waals surface area contributed by atoms with Gasteiger partial charge in [-0.1, -0.05) is 37.5 Å². The highest BCUT2D eigenvalue weighted by molar-refractivity contribution is 5.88. The largest absolute Gasteiger partial charge is 0.363 e. The molecule has 0 amide bonds. The number of fused-ring (bicyclic) bond motifs is 1. The molecule has 0 unspecified atom stereocenters. The molecule has 6 nitrogen and oxygen atoms in total. The number of rotatable bonds is 7. The van der Waals surface area contributed by atoms with Gasteiger partial charge in [0.1, 0.15) is 11.6 Å². The minimum atomic E-state index is -2.53. The lowest BCUT2D eigenvalue weighted by molar-refractivity contribution is 0.150. The summed E-state index contributed by atoms with van der Waals surface area (Å²) in [5.74, 6) is 1.12. The summed E-state index contributed by atoms with van der Waals surface area (Å²) in [6.07, 6.45) is 5.21. The number of nitrogens with zero attached hydrogens (tertiary/aromatic N) is 3. The van der Waals surface area contributed by atoms with E-state index in [9.17, 15) is 13.6 Å². The Balaban J connectivity index is 1.80. The standard InChI is InChI=1S/C26H33F2N5O/c1-16-19(8-7-9-20(16)24(27)28)17(2)30-25-21-15-33(23(34)14-22(21)31-18(3)32-25)26(12-13-29)10-5-4-6-11-26/h7-9,14-15,17,24H,4-6,10-13,29H2,1-3H3,(H,30,31,32)/t17-/m0/s1. The zero-order chi connectivity index (χ0) is 24.5. The molecule has 0 radical (unpaired) electrons. The highest BCUT2D eigenvalue weighted by Gasteiger charge is 2.34. The lowest BCUT2D eigenvalue weighted by Gasteiger charge is -2.39. The number of nitrogens with two attached hydrogens (primary N) is 1. The number of nitrogens with one attached hydrogen (secondary N) is 1. The maximum atomic E-state index is 13.4. The summed E-state index contributed by atoms with van der Waals surface area (Å²) in [7, 11) is 0. The molecule has 0 spiro atoms. The first-order chi connectivity index (χ1) is 16.3. The Hall–Kier alpha value is -2.87. The molecule has 182 valence electrons. The molecule has 1 saturated carbocycles. The molecular formula is C26H33F2N5O. The van der Waals surface area contributed by atoms with Crippen LogP contribution in [0.4, 0.5) is 14.6 Å². The smallest absolute Gasteiger partial charge is 0.264 e. The van der Waals surface area contributed by atoms with Crippen molar-refractivity contribution >= 4 is 16.7 Å². The van der Waals surface area contributed by atoms with Crippen molar-refractivity contribution in [2.45, 2.75) is 77.3 Å². The van der Waals surface area contributed by atoms with Gasteiger partial charge in [-0.05, 0) is 57.7 Å². The molecule has 1 aliphatic rings. The third-order valence-corrected chi connectivity index (χ3v) is 7.22. The number of anilines is 1. The number of halogens is 2. The fraction of sp³-hybridized carbons (Fsp3) is 0.500. The molecule has 1 aromatic carbocycles. The summed E-state index contributed by atoms with van der Waals surface area (Å²) in [6.45, 7) is 5.93. The number of hydrogen-bond acceptors (Lipinski definition) is 5. The van der Waals surface area contributed by atoms with Crippen molar-refractivity contribution in [2.75, 3.05) is 11.9 Å². The third kappa shape index (κ3) is 4.56. The van der Waals surface area contributed by atoms with Crippen molar-refractivity contribution < 1.29 is 8.78 Å². The topological polar surface area (TPSA) is 85.8 Å². The summed E-state index contributed by atoms with van der Waals surface area (Å²) < 4.78 is 28.7. The highest BCUT2D eigenvalue weighted by Crippen LogP contribution is 2.38. The molecule has 2 heterocycles. The van der Waals surface area contributed by atoms with E-state index in [1.54, 1.807) is 26.0 Å². The van der Waals surface area contributed by atoms with Crippen LogP contribution in [0.15, 0.2) is 35.3 Å². The maximum Gasteiger partial charge on any atom is 0.264 e. The second-order valence-corrected chi connectivity index (χ2v) is 9.45. The van der Waals surface area contributed by atoms with Crippen LogP contribution >= 0.6 is 0 Å². The van der Waals surface area contributed by atoms with Crippen LogP contribution in [0, 0.1) is 13.8 Å². The summed E-state index contributed by atoms with van der Waals surface area (Å²) in [5, 5.41) is 4.14. The van der Waals surface area contributed by atoms with Gasteiger partial charge in [0.2, 0.25) is 0 Å². The van der Waals surface area contributed by atoms with Crippen LogP contribution in [-0.4, -0.2) is 21.1 Å². The van der Waals surface area contributed by atoms with E-state index in [0.29, 0.717) is 29.3 Å². The van der Waals surface area contributed by atoms with Gasteiger partial charge < -0.3 is 15.6 Å². The molecule has 2 aromatic heterocycles. The van der Waals surface area contributed by atoms with Crippen molar-refractivity contribution in [1.82, 2.24) is 14.5 Å². The van der Waals surface area contributed by atoms with E-state index in [0.717, 1.165) is 49.5 Å². The number of alkyl halides is 2. The van der Waals surface area contributed by atoms with Gasteiger partial charge >= 0.3 is 0 Å². The van der Waals surface area contributed by atoms with Crippen LogP contribution in [0.3, 0.4) is 0 Å². The van der Waals surface area contributed by atoms with Crippen LogP contribution in [0.5, 0.6) is 0 Å². The van der Waals surface area contributed by atoms with E-state index in [2.05, 4.69) is 15.3 Å². The van der Waals surface area contributed by atoms with Crippen LogP contribution in [0.2, 0.25) is 0 Å². The molecule has 1 fully saturated rings. The van der Waals surface area contributed by atoms with Crippen molar-refractivity contribution in [1.29, 1.82) is 0 Å². The normalized spacial score (nSPS) is 16.7. The molecule has 1 aliphatic carbocycles. The summed E-state index contributed by atoms with van der Waals surface area (Å²) in [5.41, 5.74) is 7.53. The molecule has 0 bridgehead atoms. The zero-order valence-electron chi connectivity index (χ0n) is 20.1. The molecule has 3 N–H and O–H groups in total. The molecule has 34 heavy (non-hydrogen) atoms. The van der Waals surface area contributed by atoms with Gasteiger partial charge in [-0.15, -0.1) is 0 Å². The molecule has 4 rings (SSSR count). The quantitative estimate of drug-likeness (QED) is 0.475. The van der Waals surface area contributed by atoms with Crippen molar-refractivity contribution in [3.05, 3.63) is 63.3 Å². The monoisotopic (exact) mass is 469 g/mol. The Kier molecular flexibility index (Phi) is 6.98. The van der Waals surface area contributed by atoms with Crippen LogP contribution in [0.1, 0.15) is 80.4 Å². The summed E-state index contributed by atoms with van der Waals surface area (Å²) in [6, 6.07) is 6.27. The van der Waals surface area contributed by atoms with Crippen molar-refractivity contribution in [2.24, 2.45) is 5.73 Å². The number of aromatic nitrogens is 3. The van der Waals surface area contributed by atoms with E-state index in [1.807, 2.05) is 23.8 Å². The van der Waals surface area contributed by atoms with Gasteiger partial charge in [0, 0.05) is 23.4 Å². The number of aryl methyl sites for hydroxylation is 1. The number of pyridine rings is 1. The average Bonchev–Trinajstić information content (AvgIpc) is 2.79. The van der Waals surface area contributed by atoms with E-state index >= 15 is 0 Å². The highest BCUT2D eigenvalue weighted by atomic mass is 19.3. The third-order valence-electron chi connectivity index (χ3n) is 7.22. The van der Waals surface area contributed by atoms with Crippen LogP contribution in [-0.2, 0) is 5.54 Å². The van der Waals surface area contributed by atoms with E-state index < -0.39 is 6.43 Å².